The van der Waals surface area contributed by atoms with Gasteiger partial charge in [0.1, 0.15) is 22.7 Å². The Balaban J connectivity index is 0.000000161. The standard InChI is InChI=1S/C31H35N3O3.C24H33BN2O3.C13H14BrNO2/c1-21(22-12-14-25(36-5)15-13-22)33-16-8-11-28(33)24-17-23(18-32-19-24)27-20-34(30(35)37-31(2,3)4)29-10-7-6-9-26(27)29;1-17(18-9-11-21(28-6)12-10-18)27-13-7-8-22(27)19-14-20(16-26-15-19)25-29-23(2,3)24(4,5)30-25;1-13(2,3)17-12(16)15-8-10(14)9-6-4-5-7-11(9)15/h6-7,9-10,12-15,17-21,28H,8,11,16H2,1-5H3;9-12,14-17,22H,7-8,13H2,1-6H3;4-8H,1-3H3/t21?,28-;17-,22+;/m01./s1. The van der Waals surface area contributed by atoms with Crippen molar-refractivity contribution in [2.75, 3.05) is 27.3 Å². The lowest BCUT2D eigenvalue weighted by atomic mass is 9.79. The molecule has 0 bridgehead atoms. The van der Waals surface area contributed by atoms with Gasteiger partial charge in [0.25, 0.3) is 0 Å². The Hall–Kier alpha value is -6.82. The number of fused-ring (bicyclic) bond motifs is 2. The number of nitrogens with zero attached hydrogens (tertiary/aromatic N) is 6. The highest BCUT2D eigenvalue weighted by Crippen LogP contribution is 2.42. The number of aromatic nitrogens is 4. The molecule has 84 heavy (non-hydrogen) atoms. The van der Waals surface area contributed by atoms with Gasteiger partial charge in [-0.05, 0) is 203 Å². The summed E-state index contributed by atoms with van der Waals surface area (Å²) in [5.41, 5.74) is 7.89. The predicted octanol–water partition coefficient (Wildman–Crippen LogP) is 15.9. The van der Waals surface area contributed by atoms with Gasteiger partial charge in [-0.25, -0.2) is 9.59 Å². The largest absolute Gasteiger partial charge is 0.497 e. The number of carbonyl (C=O) groups is 2. The molecule has 4 atom stereocenters. The molecule has 11 rings (SSSR count). The topological polar surface area (TPSA) is 132 Å². The lowest BCUT2D eigenvalue weighted by Crippen LogP contribution is -2.41. The van der Waals surface area contributed by atoms with Crippen LogP contribution in [0.25, 0.3) is 32.9 Å². The number of pyridine rings is 2. The number of methoxy groups -OCH3 is 2. The minimum absolute atomic E-state index is 0.274. The Kier molecular flexibility index (Phi) is 18.7. The fraction of sp³-hybridized carbons (Fsp3) is 0.412. The lowest BCUT2D eigenvalue weighted by molar-refractivity contribution is 0.00578. The van der Waals surface area contributed by atoms with Gasteiger partial charge in [0.15, 0.2) is 0 Å². The Morgan fingerprint density at radius 2 is 1.05 bits per heavy atom. The van der Waals surface area contributed by atoms with Crippen molar-refractivity contribution in [1.82, 2.24) is 28.9 Å². The molecule has 8 aromatic rings. The molecule has 14 nitrogen and oxygen atoms in total. The van der Waals surface area contributed by atoms with Gasteiger partial charge >= 0.3 is 19.3 Å². The number of hydrogen-bond donors (Lipinski definition) is 0. The molecule has 0 N–H and O–H groups in total. The molecule has 0 amide bonds. The Labute approximate surface area is 505 Å². The van der Waals surface area contributed by atoms with Crippen LogP contribution in [-0.4, -0.2) is 97.9 Å². The van der Waals surface area contributed by atoms with Crippen molar-refractivity contribution in [3.8, 4) is 22.6 Å². The van der Waals surface area contributed by atoms with E-state index in [0.29, 0.717) is 12.1 Å². The number of para-hydroxylation sites is 2. The third kappa shape index (κ3) is 14.0. The second kappa shape index (κ2) is 25.4. The molecule has 0 radical (unpaired) electrons. The smallest absolute Gasteiger partial charge is 0.496 e. The number of carbonyl (C=O) groups excluding carboxylic acids is 2. The van der Waals surface area contributed by atoms with Crippen LogP contribution in [0, 0.1) is 0 Å². The first-order valence-electron chi connectivity index (χ1n) is 29.2. The van der Waals surface area contributed by atoms with Gasteiger partial charge in [0.05, 0.1) is 36.5 Å². The second-order valence-corrected chi connectivity index (χ2v) is 25.9. The number of halogens is 1. The number of ether oxygens (including phenoxy) is 4. The lowest BCUT2D eigenvalue weighted by Gasteiger charge is -2.32. The molecule has 1 unspecified atom stereocenters. The highest BCUT2D eigenvalue weighted by molar-refractivity contribution is 9.10. The molecule has 16 heteroatoms. The summed E-state index contributed by atoms with van der Waals surface area (Å²) in [7, 11) is 3.02. The summed E-state index contributed by atoms with van der Waals surface area (Å²) in [5, 5.41) is 2.00. The zero-order valence-electron chi connectivity index (χ0n) is 51.3. The molecule has 0 saturated carbocycles. The van der Waals surface area contributed by atoms with Gasteiger partial charge in [0, 0.05) is 93.2 Å². The van der Waals surface area contributed by atoms with Crippen LogP contribution in [0.4, 0.5) is 9.59 Å². The van der Waals surface area contributed by atoms with Gasteiger partial charge in [0.2, 0.25) is 0 Å². The van der Waals surface area contributed by atoms with Crippen molar-refractivity contribution in [3.05, 3.63) is 173 Å². The van der Waals surface area contributed by atoms with Crippen molar-refractivity contribution in [2.24, 2.45) is 0 Å². The quantitative estimate of drug-likeness (QED) is 0.121. The Bertz CT molecular complexity index is 3550. The van der Waals surface area contributed by atoms with Crippen LogP contribution in [0.2, 0.25) is 0 Å². The Morgan fingerprint density at radius 3 is 1.54 bits per heavy atom. The summed E-state index contributed by atoms with van der Waals surface area (Å²) >= 11 is 3.44. The molecule has 3 fully saturated rings. The van der Waals surface area contributed by atoms with E-state index in [1.54, 1.807) is 25.0 Å². The SMILES string of the molecule is CC(C)(C)OC(=O)n1cc(Br)c2ccccc21.COc1ccc(C(C)N2CCC[C@H]2c2cncc(-c3cn(C(=O)OC(C)(C)C)c4ccccc34)c2)cc1.COc1ccc([C@@H](C)N2CCC[C@H]2c2cncc(B3OC(C)(C)C(C)(C)O3)c2)cc1. The second-order valence-electron chi connectivity index (χ2n) is 25.1. The number of benzene rings is 4. The highest BCUT2D eigenvalue weighted by atomic mass is 79.9. The van der Waals surface area contributed by atoms with Crippen LogP contribution in [0.5, 0.6) is 11.5 Å². The molecule has 0 spiro atoms. The van der Waals surface area contributed by atoms with Crippen LogP contribution < -0.4 is 14.9 Å². The summed E-state index contributed by atoms with van der Waals surface area (Å²) in [6.07, 6.45) is 15.2. The summed E-state index contributed by atoms with van der Waals surface area (Å²) in [6.45, 7) is 26.2. The monoisotopic (exact) mass is 1200 g/mol. The average molecular weight is 1200 g/mol. The van der Waals surface area contributed by atoms with Gasteiger partial charge in [-0.2, -0.15) is 0 Å². The predicted molar refractivity (Wildman–Crippen MR) is 338 cm³/mol. The summed E-state index contributed by atoms with van der Waals surface area (Å²) in [5.74, 6) is 1.76. The number of hydrogen-bond acceptors (Lipinski definition) is 12. The van der Waals surface area contributed by atoms with E-state index >= 15 is 0 Å². The van der Waals surface area contributed by atoms with E-state index in [0.717, 1.165) is 86.7 Å². The van der Waals surface area contributed by atoms with E-state index < -0.39 is 11.2 Å². The van der Waals surface area contributed by atoms with Crippen molar-refractivity contribution in [1.29, 1.82) is 0 Å². The average Bonchev–Trinajstić information content (AvgIpc) is 4.27. The van der Waals surface area contributed by atoms with E-state index in [9.17, 15) is 9.59 Å². The Morgan fingerprint density at radius 1 is 0.607 bits per heavy atom. The molecule has 3 aliphatic heterocycles. The van der Waals surface area contributed by atoms with Gasteiger partial charge in [-0.15, -0.1) is 0 Å². The van der Waals surface area contributed by atoms with Gasteiger partial charge < -0.3 is 28.3 Å². The normalized spacial score (nSPS) is 18.6. The minimum Gasteiger partial charge on any atom is -0.497 e. The van der Waals surface area contributed by atoms with Crippen molar-refractivity contribution in [3.63, 3.8) is 0 Å². The molecule has 3 saturated heterocycles. The molecule has 442 valence electrons. The van der Waals surface area contributed by atoms with E-state index in [2.05, 4.69) is 114 Å². The maximum Gasteiger partial charge on any atom is 0.496 e. The summed E-state index contributed by atoms with van der Waals surface area (Å²) in [6, 6.07) is 38.1. The summed E-state index contributed by atoms with van der Waals surface area (Å²) < 4.78 is 38.2. The number of likely N-dealkylation sites (tertiary alicyclic amines) is 2. The van der Waals surface area contributed by atoms with E-state index in [1.165, 1.54) is 33.2 Å². The first kappa shape index (κ1) is 61.7. The van der Waals surface area contributed by atoms with Crippen LogP contribution in [-0.2, 0) is 18.8 Å². The van der Waals surface area contributed by atoms with Crippen molar-refractivity contribution < 1.29 is 37.8 Å². The fourth-order valence-electron chi connectivity index (χ4n) is 11.4. The first-order valence-corrected chi connectivity index (χ1v) is 30.0. The fourth-order valence-corrected chi connectivity index (χ4v) is 11.9. The first-order chi connectivity index (χ1) is 39.8. The van der Waals surface area contributed by atoms with Crippen LogP contribution in [0.15, 0.2) is 151 Å². The molecular weight excluding hydrogens is 1120 g/mol. The van der Waals surface area contributed by atoms with Crippen LogP contribution >= 0.6 is 15.9 Å². The summed E-state index contributed by atoms with van der Waals surface area (Å²) in [4.78, 5) is 39.3. The minimum atomic E-state index is -0.573. The zero-order chi connectivity index (χ0) is 60.3. The van der Waals surface area contributed by atoms with Gasteiger partial charge in [-0.1, -0.05) is 66.7 Å². The van der Waals surface area contributed by atoms with Gasteiger partial charge in [-0.3, -0.25) is 28.9 Å². The third-order valence-corrected chi connectivity index (χ3v) is 17.1. The molecule has 4 aromatic carbocycles. The maximum absolute atomic E-state index is 13.0. The van der Waals surface area contributed by atoms with Crippen LogP contribution in [0.1, 0.15) is 155 Å². The molecule has 4 aromatic heterocycles. The third-order valence-electron chi connectivity index (χ3n) is 16.5. The van der Waals surface area contributed by atoms with E-state index in [4.69, 9.17) is 28.3 Å². The van der Waals surface area contributed by atoms with Crippen molar-refractivity contribution >= 4 is 62.5 Å². The van der Waals surface area contributed by atoms with E-state index in [1.807, 2.05) is 145 Å². The highest BCUT2D eigenvalue weighted by Gasteiger charge is 2.52. The number of rotatable bonds is 10. The molecule has 0 aliphatic carbocycles. The van der Waals surface area contributed by atoms with Crippen molar-refractivity contribution in [2.45, 2.75) is 155 Å². The van der Waals surface area contributed by atoms with E-state index in [-0.39, 0.29) is 42.6 Å². The molecular formula is C68H82BBrN6O8. The maximum atomic E-state index is 13.0. The van der Waals surface area contributed by atoms with Crippen LogP contribution in [0.3, 0.4) is 0 Å². The molecule has 7 heterocycles. The molecule has 3 aliphatic rings. The zero-order valence-corrected chi connectivity index (χ0v) is 52.9.